The second-order valence-electron chi connectivity index (χ2n) is 11.4. The van der Waals surface area contributed by atoms with Crippen molar-refractivity contribution in [2.45, 2.75) is 45.3 Å². The largest absolute Gasteiger partial charge is 0.436 e. The Labute approximate surface area is 239 Å². The van der Waals surface area contributed by atoms with E-state index >= 15 is 0 Å². The minimum Gasteiger partial charge on any atom is -0.436 e. The number of pyridine rings is 1. The number of halogens is 1. The fourth-order valence-electron chi connectivity index (χ4n) is 5.29. The van der Waals surface area contributed by atoms with Crippen LogP contribution in [-0.2, 0) is 10.0 Å². The SMILES string of the molecule is Cc1cc(NS(=O)(=O)CC2(C)CC2)c2ccccc2c1Oc1nccnc1-c1ccnc(NC2CNCC(F)C2)c1. The van der Waals surface area contributed by atoms with E-state index in [9.17, 15) is 12.8 Å². The number of fused-ring (bicyclic) bond motifs is 1. The molecule has 1 aliphatic carbocycles. The van der Waals surface area contributed by atoms with E-state index in [1.165, 1.54) is 0 Å². The van der Waals surface area contributed by atoms with Crippen LogP contribution in [0.3, 0.4) is 0 Å². The van der Waals surface area contributed by atoms with Crippen molar-refractivity contribution >= 4 is 32.3 Å². The Morgan fingerprint density at radius 2 is 1.83 bits per heavy atom. The highest BCUT2D eigenvalue weighted by Crippen LogP contribution is 2.46. The van der Waals surface area contributed by atoms with Crippen molar-refractivity contribution < 1.29 is 17.5 Å². The number of benzene rings is 2. The Morgan fingerprint density at radius 3 is 2.61 bits per heavy atom. The first-order valence-corrected chi connectivity index (χ1v) is 15.4. The van der Waals surface area contributed by atoms with Gasteiger partial charge in [0.2, 0.25) is 15.9 Å². The summed E-state index contributed by atoms with van der Waals surface area (Å²) in [7, 11) is -3.52. The van der Waals surface area contributed by atoms with Crippen LogP contribution in [-0.4, -0.2) is 54.4 Å². The fraction of sp³-hybridized carbons (Fsp3) is 0.367. The van der Waals surface area contributed by atoms with E-state index in [2.05, 4.69) is 30.3 Å². The number of ether oxygens (including phenoxy) is 1. The molecule has 1 aliphatic heterocycles. The number of rotatable bonds is 9. The van der Waals surface area contributed by atoms with E-state index in [0.29, 0.717) is 48.3 Å². The molecular weight excluding hydrogens is 543 g/mol. The van der Waals surface area contributed by atoms with Crippen LogP contribution in [0.5, 0.6) is 11.6 Å². The Balaban J connectivity index is 1.31. The van der Waals surface area contributed by atoms with Crippen LogP contribution >= 0.6 is 0 Å². The van der Waals surface area contributed by atoms with Gasteiger partial charge in [-0.05, 0) is 48.9 Å². The highest BCUT2D eigenvalue weighted by Gasteiger charge is 2.41. The summed E-state index contributed by atoms with van der Waals surface area (Å²) in [4.78, 5) is 13.5. The number of alkyl halides is 1. The van der Waals surface area contributed by atoms with Gasteiger partial charge in [0, 0.05) is 60.5 Å². The molecule has 3 N–H and O–H groups in total. The molecular formula is C30H33FN6O3S. The fourth-order valence-corrected chi connectivity index (χ4v) is 7.07. The van der Waals surface area contributed by atoms with Gasteiger partial charge in [0.05, 0.1) is 11.4 Å². The second-order valence-corrected chi connectivity index (χ2v) is 13.1. The lowest BCUT2D eigenvalue weighted by Crippen LogP contribution is -2.44. The first-order chi connectivity index (χ1) is 19.7. The summed E-state index contributed by atoms with van der Waals surface area (Å²) >= 11 is 0. The summed E-state index contributed by atoms with van der Waals surface area (Å²) in [6, 6.07) is 12.9. The third kappa shape index (κ3) is 6.25. The van der Waals surface area contributed by atoms with E-state index in [0.717, 1.165) is 34.7 Å². The van der Waals surface area contributed by atoms with Gasteiger partial charge in [0.1, 0.15) is 23.4 Å². The number of piperidine rings is 1. The minimum absolute atomic E-state index is 0.0730. The van der Waals surface area contributed by atoms with Crippen LogP contribution in [0.4, 0.5) is 15.9 Å². The topological polar surface area (TPSA) is 118 Å². The maximum Gasteiger partial charge on any atom is 0.246 e. The summed E-state index contributed by atoms with van der Waals surface area (Å²) in [6.45, 7) is 4.90. The standard InChI is InChI=1S/C30H33FN6O3S/c1-19-13-25(37-41(38,39)18-30(2)8-9-30)23-5-3-4-6-24(23)28(19)40-29-27(34-11-12-35-29)20-7-10-33-26(14-20)36-22-15-21(31)16-32-17-22/h3-7,10-14,21-22,32,37H,8-9,15-18H2,1-2H3,(H,33,36). The molecule has 2 aromatic carbocycles. The van der Waals surface area contributed by atoms with Crippen molar-refractivity contribution in [3.05, 3.63) is 66.6 Å². The monoisotopic (exact) mass is 576 g/mol. The third-order valence-electron chi connectivity index (χ3n) is 7.63. The Kier molecular flexibility index (Phi) is 7.25. The molecule has 41 heavy (non-hydrogen) atoms. The number of aromatic nitrogens is 3. The van der Waals surface area contributed by atoms with Crippen molar-refractivity contribution in [1.82, 2.24) is 20.3 Å². The van der Waals surface area contributed by atoms with Crippen LogP contribution in [0.2, 0.25) is 0 Å². The molecule has 2 aliphatic rings. The maximum absolute atomic E-state index is 13.9. The van der Waals surface area contributed by atoms with Crippen LogP contribution in [0.25, 0.3) is 22.0 Å². The van der Waals surface area contributed by atoms with Crippen molar-refractivity contribution in [2.24, 2.45) is 5.41 Å². The molecule has 214 valence electrons. The van der Waals surface area contributed by atoms with Crippen molar-refractivity contribution in [2.75, 3.05) is 28.9 Å². The highest BCUT2D eigenvalue weighted by molar-refractivity contribution is 7.92. The predicted octanol–water partition coefficient (Wildman–Crippen LogP) is 5.45. The van der Waals surface area contributed by atoms with E-state index < -0.39 is 16.2 Å². The number of aryl methyl sites for hydroxylation is 1. The number of nitrogens with zero attached hydrogens (tertiary/aromatic N) is 3. The smallest absolute Gasteiger partial charge is 0.246 e. The van der Waals surface area contributed by atoms with E-state index in [1.54, 1.807) is 24.7 Å². The van der Waals surface area contributed by atoms with Gasteiger partial charge in [0.25, 0.3) is 0 Å². The molecule has 4 aromatic rings. The molecule has 2 fully saturated rings. The lowest BCUT2D eigenvalue weighted by Gasteiger charge is -2.26. The van der Waals surface area contributed by atoms with Gasteiger partial charge in [-0.1, -0.05) is 31.2 Å². The second kappa shape index (κ2) is 10.9. The summed E-state index contributed by atoms with van der Waals surface area (Å²) < 4.78 is 49.0. The van der Waals surface area contributed by atoms with Gasteiger partial charge in [0.15, 0.2) is 0 Å². The molecule has 3 heterocycles. The molecule has 9 nitrogen and oxygen atoms in total. The summed E-state index contributed by atoms with van der Waals surface area (Å²) in [6.07, 6.45) is 6.19. The molecule has 6 rings (SSSR count). The zero-order chi connectivity index (χ0) is 28.6. The molecule has 1 saturated carbocycles. The Bertz CT molecular complexity index is 1700. The van der Waals surface area contributed by atoms with Crippen LogP contribution < -0.4 is 20.1 Å². The molecule has 2 aromatic heterocycles. The van der Waals surface area contributed by atoms with Crippen LogP contribution in [0.15, 0.2) is 61.1 Å². The average molecular weight is 577 g/mol. The molecule has 0 spiro atoms. The van der Waals surface area contributed by atoms with Crippen LogP contribution in [0, 0.1) is 12.3 Å². The zero-order valence-corrected chi connectivity index (χ0v) is 23.8. The maximum atomic E-state index is 13.9. The molecule has 2 unspecified atom stereocenters. The molecule has 0 bridgehead atoms. The summed E-state index contributed by atoms with van der Waals surface area (Å²) in [5.41, 5.74) is 2.39. The number of anilines is 2. The Morgan fingerprint density at radius 1 is 1.05 bits per heavy atom. The van der Waals surface area contributed by atoms with Gasteiger partial charge in [-0.25, -0.2) is 27.8 Å². The molecule has 0 radical (unpaired) electrons. The normalized spacial score (nSPS) is 20.0. The van der Waals surface area contributed by atoms with Crippen LogP contribution in [0.1, 0.15) is 31.7 Å². The van der Waals surface area contributed by atoms with E-state index in [-0.39, 0.29) is 17.2 Å². The number of sulfonamides is 1. The number of nitrogens with one attached hydrogen (secondary N) is 3. The van der Waals surface area contributed by atoms with Crippen molar-refractivity contribution in [1.29, 1.82) is 0 Å². The minimum atomic E-state index is -3.52. The third-order valence-corrected chi connectivity index (χ3v) is 9.24. The number of hydrogen-bond donors (Lipinski definition) is 3. The molecule has 1 saturated heterocycles. The van der Waals surface area contributed by atoms with E-state index in [4.69, 9.17) is 4.74 Å². The van der Waals surface area contributed by atoms with Crippen molar-refractivity contribution in [3.8, 4) is 22.9 Å². The summed E-state index contributed by atoms with van der Waals surface area (Å²) in [5.74, 6) is 1.58. The molecule has 0 amide bonds. The predicted molar refractivity (Wildman–Crippen MR) is 159 cm³/mol. The Hall–Kier alpha value is -3.83. The lowest BCUT2D eigenvalue weighted by molar-refractivity contribution is 0.255. The lowest BCUT2D eigenvalue weighted by atomic mass is 10.0. The first-order valence-electron chi connectivity index (χ1n) is 13.8. The van der Waals surface area contributed by atoms with Gasteiger partial charge in [-0.3, -0.25) is 4.72 Å². The summed E-state index contributed by atoms with van der Waals surface area (Å²) in [5, 5.41) is 7.88. The zero-order valence-electron chi connectivity index (χ0n) is 23.0. The quantitative estimate of drug-likeness (QED) is 0.241. The van der Waals surface area contributed by atoms with Gasteiger partial charge < -0.3 is 15.4 Å². The van der Waals surface area contributed by atoms with Gasteiger partial charge >= 0.3 is 0 Å². The molecule has 11 heteroatoms. The molecule has 2 atom stereocenters. The average Bonchev–Trinajstić information content (AvgIpc) is 3.66. The van der Waals surface area contributed by atoms with Gasteiger partial charge in [-0.15, -0.1) is 0 Å². The first kappa shape index (κ1) is 27.3. The highest BCUT2D eigenvalue weighted by atomic mass is 32.2. The van der Waals surface area contributed by atoms with E-state index in [1.807, 2.05) is 50.2 Å². The van der Waals surface area contributed by atoms with Gasteiger partial charge in [-0.2, -0.15) is 0 Å². The number of hydrogen-bond acceptors (Lipinski definition) is 8. The van der Waals surface area contributed by atoms with Crippen molar-refractivity contribution in [3.63, 3.8) is 0 Å².